The lowest BCUT2D eigenvalue weighted by molar-refractivity contribution is -0.137. The van der Waals surface area contributed by atoms with E-state index >= 15 is 0 Å². The Labute approximate surface area is 141 Å². The fraction of sp³-hybridized carbons (Fsp3) is 0.235. The first-order valence-corrected chi connectivity index (χ1v) is 8.20. The number of carbonyl (C=O) groups is 1. The number of benzene rings is 2. The van der Waals surface area contributed by atoms with Crippen LogP contribution in [-0.4, -0.2) is 12.5 Å². The fourth-order valence-electron chi connectivity index (χ4n) is 2.60. The molecular weight excluding hydrogens is 337 g/mol. The summed E-state index contributed by atoms with van der Waals surface area (Å²) in [5, 5.41) is 2.58. The average molecular weight is 352 g/mol. The zero-order valence-corrected chi connectivity index (χ0v) is 13.4. The van der Waals surface area contributed by atoms with Crippen molar-refractivity contribution in [2.45, 2.75) is 28.8 Å². The van der Waals surface area contributed by atoms with Crippen molar-refractivity contribution in [3.63, 3.8) is 0 Å². The van der Waals surface area contributed by atoms with E-state index in [1.165, 1.54) is 11.8 Å². The van der Waals surface area contributed by atoms with Crippen LogP contribution in [0.15, 0.2) is 46.2 Å². The second kappa shape index (κ2) is 6.49. The van der Waals surface area contributed by atoms with Crippen molar-refractivity contribution in [2.75, 3.05) is 11.9 Å². The molecule has 3 nitrogen and oxygen atoms in total. The second-order valence-corrected chi connectivity index (χ2v) is 6.56. The minimum Gasteiger partial charge on any atom is -0.330 e. The van der Waals surface area contributed by atoms with Gasteiger partial charge in [-0.1, -0.05) is 30.0 Å². The summed E-state index contributed by atoms with van der Waals surface area (Å²) in [5.74, 6) is -0.386. The predicted octanol–water partition coefficient (Wildman–Crippen LogP) is 4.05. The number of fused-ring (bicyclic) bond motifs is 2. The van der Waals surface area contributed by atoms with Crippen molar-refractivity contribution in [1.82, 2.24) is 0 Å². The molecule has 0 radical (unpaired) electrons. The van der Waals surface area contributed by atoms with Crippen molar-refractivity contribution in [2.24, 2.45) is 5.73 Å². The van der Waals surface area contributed by atoms with Gasteiger partial charge in [0.2, 0.25) is 5.91 Å². The number of hydrogen-bond donors (Lipinski definition) is 2. The Hall–Kier alpha value is -1.99. The molecule has 24 heavy (non-hydrogen) atoms. The van der Waals surface area contributed by atoms with Gasteiger partial charge in [0.05, 0.1) is 5.56 Å². The normalized spacial score (nSPS) is 13.2. The predicted molar refractivity (Wildman–Crippen MR) is 87.1 cm³/mol. The summed E-state index contributed by atoms with van der Waals surface area (Å²) in [7, 11) is 0. The molecule has 0 spiro atoms. The molecule has 0 aliphatic carbocycles. The zero-order chi connectivity index (χ0) is 17.3. The van der Waals surface area contributed by atoms with Crippen molar-refractivity contribution in [3.05, 3.63) is 53.1 Å². The van der Waals surface area contributed by atoms with Crippen LogP contribution in [0, 0.1) is 0 Å². The SMILES string of the molecule is NCCC(=O)Nc1cc(C(F)(F)F)cc2c1Cc1ccccc1S2. The Morgan fingerprint density at radius 3 is 2.67 bits per heavy atom. The number of hydrogen-bond acceptors (Lipinski definition) is 3. The quantitative estimate of drug-likeness (QED) is 0.748. The van der Waals surface area contributed by atoms with Crippen LogP contribution >= 0.6 is 11.8 Å². The number of carbonyl (C=O) groups excluding carboxylic acids is 1. The molecule has 1 amide bonds. The van der Waals surface area contributed by atoms with Gasteiger partial charge in [-0.15, -0.1) is 0 Å². The molecule has 3 N–H and O–H groups in total. The van der Waals surface area contributed by atoms with Gasteiger partial charge in [-0.05, 0) is 29.3 Å². The number of anilines is 1. The van der Waals surface area contributed by atoms with E-state index in [0.29, 0.717) is 16.9 Å². The van der Waals surface area contributed by atoms with Crippen LogP contribution in [0.1, 0.15) is 23.1 Å². The van der Waals surface area contributed by atoms with Gasteiger partial charge in [0.25, 0.3) is 0 Å². The maximum absolute atomic E-state index is 13.2. The standard InChI is InChI=1S/C17H15F3N2OS/c18-17(19,20)11-8-13(22-16(23)5-6-21)12-7-10-3-1-2-4-14(10)24-15(12)9-11/h1-4,8-9H,5-7,21H2,(H,22,23). The lowest BCUT2D eigenvalue weighted by atomic mass is 10.00. The highest BCUT2D eigenvalue weighted by atomic mass is 32.2. The third-order valence-corrected chi connectivity index (χ3v) is 4.94. The molecule has 2 aromatic carbocycles. The van der Waals surface area contributed by atoms with Crippen LogP contribution in [0.3, 0.4) is 0 Å². The van der Waals surface area contributed by atoms with Gasteiger partial charge < -0.3 is 11.1 Å². The van der Waals surface area contributed by atoms with Crippen molar-refractivity contribution >= 4 is 23.4 Å². The highest BCUT2D eigenvalue weighted by Crippen LogP contribution is 2.45. The first-order valence-electron chi connectivity index (χ1n) is 7.38. The summed E-state index contributed by atoms with van der Waals surface area (Å²) >= 11 is 1.29. The Bertz CT molecular complexity index is 790. The highest BCUT2D eigenvalue weighted by molar-refractivity contribution is 7.99. The molecule has 0 unspecified atom stereocenters. The Morgan fingerprint density at radius 1 is 1.21 bits per heavy atom. The topological polar surface area (TPSA) is 55.1 Å². The fourth-order valence-corrected chi connectivity index (χ4v) is 3.74. The van der Waals surface area contributed by atoms with Crippen LogP contribution in [0.5, 0.6) is 0 Å². The smallest absolute Gasteiger partial charge is 0.330 e. The van der Waals surface area contributed by atoms with E-state index in [4.69, 9.17) is 5.73 Å². The molecule has 126 valence electrons. The molecule has 3 rings (SSSR count). The van der Waals surface area contributed by atoms with Gasteiger partial charge in [-0.2, -0.15) is 13.2 Å². The Balaban J connectivity index is 2.06. The molecule has 2 aromatic rings. The average Bonchev–Trinajstić information content (AvgIpc) is 2.52. The van der Waals surface area contributed by atoms with E-state index < -0.39 is 11.7 Å². The minimum absolute atomic E-state index is 0.0642. The molecule has 1 aliphatic rings. The summed E-state index contributed by atoms with van der Waals surface area (Å²) < 4.78 is 39.5. The molecule has 0 fully saturated rings. The van der Waals surface area contributed by atoms with Crippen molar-refractivity contribution < 1.29 is 18.0 Å². The maximum Gasteiger partial charge on any atom is 0.416 e. The molecule has 0 saturated heterocycles. The number of nitrogens with two attached hydrogens (primary N) is 1. The van der Waals surface area contributed by atoms with Crippen LogP contribution in [0.25, 0.3) is 0 Å². The van der Waals surface area contributed by atoms with Gasteiger partial charge >= 0.3 is 6.18 Å². The lowest BCUT2D eigenvalue weighted by Crippen LogP contribution is -2.19. The molecule has 0 saturated carbocycles. The lowest BCUT2D eigenvalue weighted by Gasteiger charge is -2.23. The maximum atomic E-state index is 13.2. The van der Waals surface area contributed by atoms with Crippen LogP contribution < -0.4 is 11.1 Å². The van der Waals surface area contributed by atoms with Crippen molar-refractivity contribution in [1.29, 1.82) is 0 Å². The third kappa shape index (κ3) is 3.42. The van der Waals surface area contributed by atoms with E-state index in [2.05, 4.69) is 5.32 Å². The van der Waals surface area contributed by atoms with Crippen molar-refractivity contribution in [3.8, 4) is 0 Å². The molecule has 0 aromatic heterocycles. The Morgan fingerprint density at radius 2 is 1.96 bits per heavy atom. The van der Waals surface area contributed by atoms with E-state index in [-0.39, 0.29) is 24.6 Å². The third-order valence-electron chi connectivity index (χ3n) is 3.74. The van der Waals surface area contributed by atoms with Gasteiger partial charge in [0.1, 0.15) is 0 Å². The zero-order valence-electron chi connectivity index (χ0n) is 12.6. The summed E-state index contributed by atoms with van der Waals surface area (Å²) in [6.45, 7) is 0.143. The number of amides is 1. The largest absolute Gasteiger partial charge is 0.416 e. The van der Waals surface area contributed by atoms with E-state index in [1.807, 2.05) is 24.3 Å². The summed E-state index contributed by atoms with van der Waals surface area (Å²) in [4.78, 5) is 13.3. The van der Waals surface area contributed by atoms with E-state index in [9.17, 15) is 18.0 Å². The number of rotatable bonds is 3. The highest BCUT2D eigenvalue weighted by Gasteiger charge is 2.33. The first-order chi connectivity index (χ1) is 11.4. The van der Waals surface area contributed by atoms with Gasteiger partial charge in [-0.25, -0.2) is 0 Å². The number of alkyl halides is 3. The first kappa shape index (κ1) is 16.9. The molecular formula is C17H15F3N2OS. The van der Waals surface area contributed by atoms with Gasteiger partial charge in [0.15, 0.2) is 0 Å². The van der Waals surface area contributed by atoms with Crippen LogP contribution in [0.4, 0.5) is 18.9 Å². The Kier molecular flexibility index (Phi) is 4.56. The van der Waals surface area contributed by atoms with E-state index in [0.717, 1.165) is 22.6 Å². The second-order valence-electron chi connectivity index (χ2n) is 5.47. The summed E-state index contributed by atoms with van der Waals surface area (Å²) in [6.07, 6.45) is -3.93. The molecule has 0 atom stereocenters. The summed E-state index contributed by atoms with van der Waals surface area (Å²) in [5.41, 5.74) is 6.52. The summed E-state index contributed by atoms with van der Waals surface area (Å²) in [6, 6.07) is 9.72. The number of nitrogens with one attached hydrogen (secondary N) is 1. The van der Waals surface area contributed by atoms with Gasteiger partial charge in [-0.3, -0.25) is 4.79 Å². The monoisotopic (exact) mass is 352 g/mol. The molecule has 1 heterocycles. The van der Waals surface area contributed by atoms with Gasteiger partial charge in [0, 0.05) is 34.9 Å². The number of halogens is 3. The minimum atomic E-state index is -4.47. The van der Waals surface area contributed by atoms with Crippen LogP contribution in [0.2, 0.25) is 0 Å². The van der Waals surface area contributed by atoms with Crippen LogP contribution in [-0.2, 0) is 17.4 Å². The molecule has 0 bridgehead atoms. The molecule has 7 heteroatoms. The van der Waals surface area contributed by atoms with E-state index in [1.54, 1.807) is 0 Å². The molecule has 1 aliphatic heterocycles.